The molecule has 0 heterocycles. The van der Waals surface area contributed by atoms with Crippen LogP contribution in [0.1, 0.15) is 13.3 Å². The van der Waals surface area contributed by atoms with Gasteiger partial charge in [-0.05, 0) is 6.42 Å². The van der Waals surface area contributed by atoms with Gasteiger partial charge in [-0.1, -0.05) is 6.92 Å². The second-order valence-corrected chi connectivity index (χ2v) is 2.96. The van der Waals surface area contributed by atoms with Crippen LogP contribution in [0.25, 0.3) is 5.14 Å². The standard InChI is InChI=1S/C3H8NO2S.Na/c1-2-3-7(4,5)6;/h2-3H2,1H3,(H-,4,5,6);/q-1;+1. The molecule has 0 radical (unpaired) electrons. The van der Waals surface area contributed by atoms with Crippen LogP contribution < -0.4 is 29.6 Å². The van der Waals surface area contributed by atoms with Gasteiger partial charge in [0.2, 0.25) is 0 Å². The molecule has 0 fully saturated rings. The maximum Gasteiger partial charge on any atom is 1.00 e. The topological polar surface area (TPSA) is 57.9 Å². The molecule has 44 valence electrons. The zero-order chi connectivity index (χ0) is 5.91. The molecule has 0 spiro atoms. The predicted molar refractivity (Wildman–Crippen MR) is 28.4 cm³/mol. The Hall–Kier alpha value is 0.910. The van der Waals surface area contributed by atoms with Gasteiger partial charge in [-0.2, -0.15) is 0 Å². The second-order valence-electron chi connectivity index (χ2n) is 1.32. The number of hydrogen-bond acceptors (Lipinski definition) is 2. The van der Waals surface area contributed by atoms with Crippen molar-refractivity contribution in [2.75, 3.05) is 5.75 Å². The molecular weight excluding hydrogens is 137 g/mol. The normalized spacial score (nSPS) is 10.2. The molecule has 0 bridgehead atoms. The van der Waals surface area contributed by atoms with E-state index in [0.717, 1.165) is 0 Å². The van der Waals surface area contributed by atoms with E-state index in [0.29, 0.717) is 6.42 Å². The van der Waals surface area contributed by atoms with E-state index in [4.69, 9.17) is 5.14 Å². The molecule has 0 amide bonds. The van der Waals surface area contributed by atoms with Gasteiger partial charge in [-0.25, -0.2) is 8.42 Å². The maximum atomic E-state index is 9.90. The Morgan fingerprint density at radius 3 is 1.88 bits per heavy atom. The number of sulfonamides is 1. The molecule has 3 nitrogen and oxygen atoms in total. The van der Waals surface area contributed by atoms with Crippen molar-refractivity contribution in [2.24, 2.45) is 0 Å². The average Bonchev–Trinajstić information content (AvgIpc) is 1.30. The van der Waals surface area contributed by atoms with Gasteiger partial charge < -0.3 is 5.14 Å². The van der Waals surface area contributed by atoms with Gasteiger partial charge in [-0.15, -0.1) is 0 Å². The summed E-state index contributed by atoms with van der Waals surface area (Å²) < 4.78 is 19.8. The molecule has 0 saturated carbocycles. The summed E-state index contributed by atoms with van der Waals surface area (Å²) in [7, 11) is -3.42. The summed E-state index contributed by atoms with van der Waals surface area (Å²) in [6.45, 7) is 1.73. The van der Waals surface area contributed by atoms with Crippen molar-refractivity contribution in [1.29, 1.82) is 0 Å². The minimum absolute atomic E-state index is 0. The van der Waals surface area contributed by atoms with Gasteiger partial charge in [0.15, 0.2) is 0 Å². The molecule has 0 aromatic rings. The zero-order valence-electron chi connectivity index (χ0n) is 5.14. The van der Waals surface area contributed by atoms with E-state index in [1.165, 1.54) is 0 Å². The first-order chi connectivity index (χ1) is 3.06. The summed E-state index contributed by atoms with van der Waals surface area (Å²) in [4.78, 5) is 0. The summed E-state index contributed by atoms with van der Waals surface area (Å²) in [6.07, 6.45) is 0.534. The van der Waals surface area contributed by atoms with Gasteiger partial charge in [-0.3, -0.25) is 0 Å². The minimum Gasteiger partial charge on any atom is -0.564 e. The minimum atomic E-state index is -3.42. The number of rotatable bonds is 2. The van der Waals surface area contributed by atoms with Crippen LogP contribution in [0.2, 0.25) is 0 Å². The Morgan fingerprint density at radius 1 is 1.50 bits per heavy atom. The van der Waals surface area contributed by atoms with Gasteiger partial charge >= 0.3 is 29.6 Å². The fraction of sp³-hybridized carbons (Fsp3) is 1.00. The quantitative estimate of drug-likeness (QED) is 0.413. The van der Waals surface area contributed by atoms with Gasteiger partial charge in [0, 0.05) is 5.75 Å². The molecule has 0 saturated heterocycles. The van der Waals surface area contributed by atoms with Crippen LogP contribution in [0.15, 0.2) is 0 Å². The van der Waals surface area contributed by atoms with Crippen molar-refractivity contribution < 1.29 is 38.0 Å². The molecular formula is C3H8NNaO2S. The smallest absolute Gasteiger partial charge is 0.564 e. The first-order valence-corrected chi connectivity index (χ1v) is 3.69. The summed E-state index contributed by atoms with van der Waals surface area (Å²) in [5.41, 5.74) is 0. The van der Waals surface area contributed by atoms with Crippen molar-refractivity contribution >= 4 is 10.0 Å². The summed E-state index contributed by atoms with van der Waals surface area (Å²) in [5.74, 6) is -0.0208. The largest absolute Gasteiger partial charge is 1.00 e. The molecule has 0 aromatic heterocycles. The molecule has 0 aliphatic rings. The Kier molecular flexibility index (Phi) is 6.94. The third-order valence-corrected chi connectivity index (χ3v) is 1.42. The van der Waals surface area contributed by atoms with Crippen LogP contribution in [0, 0.1) is 0 Å². The predicted octanol–water partition coefficient (Wildman–Crippen LogP) is -2.22. The average molecular weight is 145 g/mol. The van der Waals surface area contributed by atoms with Crippen LogP contribution >= 0.6 is 0 Å². The van der Waals surface area contributed by atoms with E-state index in [2.05, 4.69) is 0 Å². The van der Waals surface area contributed by atoms with Crippen LogP contribution in [0.5, 0.6) is 0 Å². The van der Waals surface area contributed by atoms with Crippen molar-refractivity contribution in [2.45, 2.75) is 13.3 Å². The van der Waals surface area contributed by atoms with Crippen molar-refractivity contribution in [3.05, 3.63) is 5.14 Å². The van der Waals surface area contributed by atoms with E-state index >= 15 is 0 Å². The van der Waals surface area contributed by atoms with Crippen LogP contribution in [0.3, 0.4) is 0 Å². The van der Waals surface area contributed by atoms with E-state index in [9.17, 15) is 8.42 Å². The van der Waals surface area contributed by atoms with E-state index in [1.807, 2.05) is 0 Å². The fourth-order valence-corrected chi connectivity index (χ4v) is 0.806. The monoisotopic (exact) mass is 145 g/mol. The summed E-state index contributed by atoms with van der Waals surface area (Å²) in [6, 6.07) is 0. The molecule has 1 N–H and O–H groups in total. The SMILES string of the molecule is CCCS([NH-])(=O)=O.[Na+]. The summed E-state index contributed by atoms with van der Waals surface area (Å²) >= 11 is 0. The van der Waals surface area contributed by atoms with Gasteiger partial charge in [0.05, 0.1) is 10.0 Å². The first kappa shape index (κ1) is 11.7. The number of hydrogen-bond donors (Lipinski definition) is 0. The third kappa shape index (κ3) is 10.0. The van der Waals surface area contributed by atoms with E-state index in [1.54, 1.807) is 6.92 Å². The molecule has 5 heteroatoms. The third-order valence-electron chi connectivity index (χ3n) is 0.473. The molecule has 0 aliphatic heterocycles. The Balaban J connectivity index is 0. The molecule has 0 unspecified atom stereocenters. The van der Waals surface area contributed by atoms with E-state index in [-0.39, 0.29) is 35.3 Å². The second kappa shape index (κ2) is 4.76. The van der Waals surface area contributed by atoms with Crippen LogP contribution in [-0.4, -0.2) is 14.2 Å². The Morgan fingerprint density at radius 2 is 1.88 bits per heavy atom. The number of nitrogens with one attached hydrogen (secondary N) is 1. The Bertz CT molecular complexity index is 130. The van der Waals surface area contributed by atoms with Crippen LogP contribution in [-0.2, 0) is 10.0 Å². The zero-order valence-corrected chi connectivity index (χ0v) is 7.96. The van der Waals surface area contributed by atoms with E-state index < -0.39 is 10.0 Å². The molecule has 8 heavy (non-hydrogen) atoms. The Labute approximate surface area is 72.0 Å². The van der Waals surface area contributed by atoms with Gasteiger partial charge in [0.25, 0.3) is 0 Å². The maximum absolute atomic E-state index is 9.90. The molecule has 0 atom stereocenters. The molecule has 0 aromatic carbocycles. The molecule has 0 aliphatic carbocycles. The van der Waals surface area contributed by atoms with Crippen molar-refractivity contribution in [3.8, 4) is 0 Å². The first-order valence-electron chi connectivity index (χ1n) is 2.03. The van der Waals surface area contributed by atoms with Crippen molar-refractivity contribution in [3.63, 3.8) is 0 Å². The summed E-state index contributed by atoms with van der Waals surface area (Å²) in [5, 5.41) is 6.30. The van der Waals surface area contributed by atoms with Crippen molar-refractivity contribution in [1.82, 2.24) is 0 Å². The van der Waals surface area contributed by atoms with Gasteiger partial charge in [0.1, 0.15) is 0 Å². The molecule has 0 rings (SSSR count). The van der Waals surface area contributed by atoms with Crippen LogP contribution in [0.4, 0.5) is 0 Å². The fourth-order valence-electron chi connectivity index (χ4n) is 0.269.